The van der Waals surface area contributed by atoms with Crippen molar-refractivity contribution in [2.75, 3.05) is 17.7 Å². The largest absolute Gasteiger partial charge is 0.462 e. The molecule has 0 aliphatic heterocycles. The highest BCUT2D eigenvalue weighted by molar-refractivity contribution is 7.99. The molecule has 2 aromatic rings. The summed E-state index contributed by atoms with van der Waals surface area (Å²) in [5.41, 5.74) is 1.61. The number of hydrogen-bond donors (Lipinski definition) is 1. The Kier molecular flexibility index (Phi) is 8.69. The zero-order valence-electron chi connectivity index (χ0n) is 20.5. The second-order valence-corrected chi connectivity index (χ2v) is 11.5. The standard InChI is InChI=1S/C25H36N4O3S2/c1-4-29-20(14-17-9-7-6-8-10-17)27-28-25(29)33-15-21(30)26-23-22(24(31)32-5-2)18-12-11-16(3)13-19(18)34-23/h16-17H,4-15H2,1-3H3,(H,26,30). The summed E-state index contributed by atoms with van der Waals surface area (Å²) in [4.78, 5) is 26.8. The number of aromatic nitrogens is 3. The predicted molar refractivity (Wildman–Crippen MR) is 137 cm³/mol. The molecule has 9 heteroatoms. The van der Waals surface area contributed by atoms with Crippen LogP contribution < -0.4 is 5.32 Å². The van der Waals surface area contributed by atoms with Crippen LogP contribution >= 0.6 is 23.1 Å². The van der Waals surface area contributed by atoms with Crippen molar-refractivity contribution in [3.63, 3.8) is 0 Å². The van der Waals surface area contributed by atoms with Crippen LogP contribution in [0, 0.1) is 11.8 Å². The summed E-state index contributed by atoms with van der Waals surface area (Å²) in [6.07, 6.45) is 10.3. The van der Waals surface area contributed by atoms with E-state index < -0.39 is 0 Å². The van der Waals surface area contributed by atoms with E-state index in [1.54, 1.807) is 6.92 Å². The van der Waals surface area contributed by atoms with Gasteiger partial charge in [-0.25, -0.2) is 4.79 Å². The Hall–Kier alpha value is -1.87. The number of thiophene rings is 1. The SMILES string of the molecule is CCOC(=O)c1c(NC(=O)CSc2nnc(CC3CCCCC3)n2CC)sc2c1CCC(C)C2. The Bertz CT molecular complexity index is 1010. The molecule has 1 fully saturated rings. The number of esters is 1. The second-order valence-electron chi connectivity index (χ2n) is 9.46. The molecule has 1 N–H and O–H groups in total. The van der Waals surface area contributed by atoms with Gasteiger partial charge in [-0.1, -0.05) is 50.8 Å². The fourth-order valence-corrected chi connectivity index (χ4v) is 7.33. The third-order valence-corrected chi connectivity index (χ3v) is 9.02. The smallest absolute Gasteiger partial charge is 0.341 e. The molecule has 4 rings (SSSR count). The van der Waals surface area contributed by atoms with Crippen molar-refractivity contribution in [2.24, 2.45) is 11.8 Å². The molecule has 2 aliphatic rings. The number of anilines is 1. The molecule has 34 heavy (non-hydrogen) atoms. The highest BCUT2D eigenvalue weighted by atomic mass is 32.2. The van der Waals surface area contributed by atoms with E-state index in [9.17, 15) is 9.59 Å². The summed E-state index contributed by atoms with van der Waals surface area (Å²) in [7, 11) is 0. The van der Waals surface area contributed by atoms with Gasteiger partial charge >= 0.3 is 5.97 Å². The van der Waals surface area contributed by atoms with Crippen molar-refractivity contribution in [3.05, 3.63) is 21.8 Å². The molecule has 0 bridgehead atoms. The highest BCUT2D eigenvalue weighted by Crippen LogP contribution is 2.40. The number of hydrogen-bond acceptors (Lipinski definition) is 7. The maximum Gasteiger partial charge on any atom is 0.341 e. The molecule has 0 spiro atoms. The minimum atomic E-state index is -0.337. The molecule has 7 nitrogen and oxygen atoms in total. The van der Waals surface area contributed by atoms with Crippen molar-refractivity contribution in [1.29, 1.82) is 0 Å². The minimum absolute atomic E-state index is 0.137. The number of ether oxygens (including phenoxy) is 1. The van der Waals surface area contributed by atoms with Gasteiger partial charge in [0, 0.05) is 17.8 Å². The van der Waals surface area contributed by atoms with Crippen LogP contribution in [0.15, 0.2) is 5.16 Å². The van der Waals surface area contributed by atoms with E-state index in [0.717, 1.165) is 48.8 Å². The van der Waals surface area contributed by atoms with Crippen molar-refractivity contribution in [3.8, 4) is 0 Å². The number of rotatable bonds is 9. The number of nitrogens with zero attached hydrogens (tertiary/aromatic N) is 3. The average Bonchev–Trinajstić information content (AvgIpc) is 3.38. The lowest BCUT2D eigenvalue weighted by Crippen LogP contribution is -2.18. The molecule has 1 unspecified atom stereocenters. The first-order valence-corrected chi connectivity index (χ1v) is 14.5. The van der Waals surface area contributed by atoms with Gasteiger partial charge < -0.3 is 14.6 Å². The van der Waals surface area contributed by atoms with E-state index >= 15 is 0 Å². The van der Waals surface area contributed by atoms with E-state index in [1.165, 1.54) is 60.1 Å². The normalized spacial score (nSPS) is 18.5. The lowest BCUT2D eigenvalue weighted by Gasteiger charge is -2.21. The molecule has 2 heterocycles. The van der Waals surface area contributed by atoms with Crippen molar-refractivity contribution in [1.82, 2.24) is 14.8 Å². The minimum Gasteiger partial charge on any atom is -0.462 e. The summed E-state index contributed by atoms with van der Waals surface area (Å²) in [5, 5.41) is 13.3. The molecular formula is C25H36N4O3S2. The van der Waals surface area contributed by atoms with E-state index in [-0.39, 0.29) is 17.6 Å². The highest BCUT2D eigenvalue weighted by Gasteiger charge is 2.29. The lowest BCUT2D eigenvalue weighted by molar-refractivity contribution is -0.113. The van der Waals surface area contributed by atoms with Crippen molar-refractivity contribution >= 4 is 40.0 Å². The first-order chi connectivity index (χ1) is 16.5. The second kappa shape index (κ2) is 11.7. The number of carbonyl (C=O) groups is 2. The van der Waals surface area contributed by atoms with Gasteiger partial charge in [0.05, 0.1) is 17.9 Å². The number of nitrogens with one attached hydrogen (secondary N) is 1. The summed E-state index contributed by atoms with van der Waals surface area (Å²) in [6, 6.07) is 0. The number of thioether (sulfide) groups is 1. The van der Waals surface area contributed by atoms with Gasteiger partial charge in [0.1, 0.15) is 10.8 Å². The molecule has 1 saturated carbocycles. The van der Waals surface area contributed by atoms with E-state index in [4.69, 9.17) is 4.74 Å². The Morgan fingerprint density at radius 3 is 2.71 bits per heavy atom. The molecule has 186 valence electrons. The fraction of sp³-hybridized carbons (Fsp3) is 0.680. The third kappa shape index (κ3) is 5.85. The number of amides is 1. The zero-order valence-corrected chi connectivity index (χ0v) is 22.2. The average molecular weight is 505 g/mol. The quantitative estimate of drug-likeness (QED) is 0.358. The first kappa shape index (κ1) is 25.2. The Balaban J connectivity index is 1.42. The van der Waals surface area contributed by atoms with Crippen molar-refractivity contribution < 1.29 is 14.3 Å². The summed E-state index contributed by atoms with van der Waals surface area (Å²) < 4.78 is 7.46. The van der Waals surface area contributed by atoms with Gasteiger partial charge in [-0.2, -0.15) is 0 Å². The van der Waals surface area contributed by atoms with Crippen LogP contribution in [0.25, 0.3) is 0 Å². The van der Waals surface area contributed by atoms with Crippen LogP contribution in [0.2, 0.25) is 0 Å². The van der Waals surface area contributed by atoms with Crippen molar-refractivity contribution in [2.45, 2.75) is 90.3 Å². The predicted octanol–water partition coefficient (Wildman–Crippen LogP) is 5.51. The summed E-state index contributed by atoms with van der Waals surface area (Å²) in [5.74, 6) is 2.06. The Labute approximate surface area is 210 Å². The van der Waals surface area contributed by atoms with Gasteiger partial charge in [0.25, 0.3) is 0 Å². The van der Waals surface area contributed by atoms with Gasteiger partial charge in [0.15, 0.2) is 5.16 Å². The maximum absolute atomic E-state index is 12.9. The van der Waals surface area contributed by atoms with E-state index in [0.29, 0.717) is 29.0 Å². The zero-order chi connectivity index (χ0) is 24.1. The lowest BCUT2D eigenvalue weighted by atomic mass is 9.87. The molecule has 0 saturated heterocycles. The molecule has 2 aromatic heterocycles. The van der Waals surface area contributed by atoms with E-state index in [2.05, 4.69) is 33.9 Å². The van der Waals surface area contributed by atoms with Gasteiger partial charge in [-0.05, 0) is 50.5 Å². The topological polar surface area (TPSA) is 86.1 Å². The molecule has 2 aliphatic carbocycles. The molecule has 0 aromatic carbocycles. The monoisotopic (exact) mass is 504 g/mol. The molecular weight excluding hydrogens is 468 g/mol. The Morgan fingerprint density at radius 2 is 1.97 bits per heavy atom. The number of fused-ring (bicyclic) bond motifs is 1. The molecule has 0 radical (unpaired) electrons. The van der Waals surface area contributed by atoms with Crippen LogP contribution in [-0.4, -0.2) is 39.0 Å². The fourth-order valence-electron chi connectivity index (χ4n) is 5.09. The maximum atomic E-state index is 12.9. The summed E-state index contributed by atoms with van der Waals surface area (Å²) in [6.45, 7) is 7.25. The van der Waals surface area contributed by atoms with Crippen LogP contribution in [0.4, 0.5) is 5.00 Å². The van der Waals surface area contributed by atoms with Crippen LogP contribution in [-0.2, 0) is 35.3 Å². The van der Waals surface area contributed by atoms with Gasteiger partial charge in [-0.15, -0.1) is 21.5 Å². The van der Waals surface area contributed by atoms with Crippen LogP contribution in [0.5, 0.6) is 0 Å². The molecule has 1 atom stereocenters. The number of carbonyl (C=O) groups excluding carboxylic acids is 2. The van der Waals surface area contributed by atoms with Crippen LogP contribution in [0.1, 0.15) is 85.9 Å². The van der Waals surface area contributed by atoms with Gasteiger partial charge in [-0.3, -0.25) is 4.79 Å². The van der Waals surface area contributed by atoms with E-state index in [1.807, 2.05) is 0 Å². The first-order valence-electron chi connectivity index (χ1n) is 12.7. The molecule has 1 amide bonds. The van der Waals surface area contributed by atoms with Crippen LogP contribution in [0.3, 0.4) is 0 Å². The summed E-state index contributed by atoms with van der Waals surface area (Å²) >= 11 is 2.93. The third-order valence-electron chi connectivity index (χ3n) is 6.88. The Morgan fingerprint density at radius 1 is 1.18 bits per heavy atom. The van der Waals surface area contributed by atoms with Gasteiger partial charge in [0.2, 0.25) is 5.91 Å².